The molecule has 0 aromatic heterocycles. The molecule has 24 heavy (non-hydrogen) atoms. The van der Waals surface area contributed by atoms with Crippen LogP contribution < -0.4 is 5.32 Å². The molecule has 3 aliphatic rings. The van der Waals surface area contributed by atoms with Gasteiger partial charge in [0.15, 0.2) is 0 Å². The van der Waals surface area contributed by atoms with Crippen molar-refractivity contribution in [1.82, 2.24) is 0 Å². The van der Waals surface area contributed by atoms with E-state index in [1.165, 1.54) is 16.1 Å². The first-order valence-electron chi connectivity index (χ1n) is 8.84. The van der Waals surface area contributed by atoms with Crippen molar-refractivity contribution in [1.29, 1.82) is 0 Å². The van der Waals surface area contributed by atoms with E-state index >= 15 is 0 Å². The second-order valence-corrected chi connectivity index (χ2v) is 7.82. The van der Waals surface area contributed by atoms with Crippen LogP contribution in [-0.4, -0.2) is 30.1 Å². The molecule has 1 aromatic rings. The van der Waals surface area contributed by atoms with Crippen molar-refractivity contribution in [2.24, 2.45) is 11.8 Å². The topological polar surface area (TPSA) is 41.5 Å². The predicted octanol–water partition coefficient (Wildman–Crippen LogP) is 4.16. The molecule has 1 unspecified atom stereocenters. The van der Waals surface area contributed by atoms with Crippen molar-refractivity contribution in [3.05, 3.63) is 48.1 Å². The van der Waals surface area contributed by atoms with Crippen LogP contribution in [0.1, 0.15) is 30.9 Å². The summed E-state index contributed by atoms with van der Waals surface area (Å²) in [7, 11) is 0. The number of thioether (sulfide) groups is 1. The number of rotatable bonds is 3. The summed E-state index contributed by atoms with van der Waals surface area (Å²) in [6, 6.07) is 7.02. The van der Waals surface area contributed by atoms with Gasteiger partial charge in [-0.1, -0.05) is 24.3 Å². The molecular formula is C20H25NO2S. The number of hydrogen-bond donors (Lipinski definition) is 2. The Labute approximate surface area is 148 Å². The molecule has 2 N–H and O–H groups in total. The lowest BCUT2D eigenvalue weighted by Crippen LogP contribution is -2.47. The number of nitrogens with one attached hydrogen (secondary N) is 1. The molecule has 3 nitrogen and oxygen atoms in total. The van der Waals surface area contributed by atoms with Crippen molar-refractivity contribution >= 4 is 17.4 Å². The standard InChI is InChI=1S/C20H25NO2S/c1-24-15-8-10-18-17(11-15)20-16(9-7-14(12-22)23-20)19(21-18)13-5-3-2-4-6-13/h2-5,8,10-11,13-14,16,19-22H,6-7,9,12H2,1H3/t13?,14-,16+,19+,20+/m1/s1. The summed E-state index contributed by atoms with van der Waals surface area (Å²) in [6.45, 7) is 0.116. The number of aliphatic hydroxyl groups excluding tert-OH is 1. The summed E-state index contributed by atoms with van der Waals surface area (Å²) in [6.07, 6.45) is 14.2. The molecular weight excluding hydrogens is 318 g/mol. The van der Waals surface area contributed by atoms with E-state index in [2.05, 4.69) is 54.1 Å². The molecule has 5 atom stereocenters. The Morgan fingerprint density at radius 3 is 2.96 bits per heavy atom. The van der Waals surface area contributed by atoms with Gasteiger partial charge in [0.2, 0.25) is 0 Å². The average molecular weight is 343 g/mol. The number of anilines is 1. The molecule has 1 fully saturated rings. The van der Waals surface area contributed by atoms with Crippen LogP contribution in [0.15, 0.2) is 47.4 Å². The summed E-state index contributed by atoms with van der Waals surface area (Å²) in [5.74, 6) is 0.962. The maximum Gasteiger partial charge on any atom is 0.0898 e. The lowest BCUT2D eigenvalue weighted by Gasteiger charge is -2.47. The van der Waals surface area contributed by atoms with Gasteiger partial charge in [0.25, 0.3) is 0 Å². The van der Waals surface area contributed by atoms with E-state index in [0.717, 1.165) is 19.3 Å². The fraction of sp³-hybridized carbons (Fsp3) is 0.500. The van der Waals surface area contributed by atoms with E-state index in [1.54, 1.807) is 11.8 Å². The average Bonchev–Trinajstić information content (AvgIpc) is 2.67. The van der Waals surface area contributed by atoms with Crippen molar-refractivity contribution in [2.45, 2.75) is 42.4 Å². The summed E-state index contributed by atoms with van der Waals surface area (Å²) < 4.78 is 6.35. The lowest BCUT2D eigenvalue weighted by molar-refractivity contribution is -0.112. The maximum absolute atomic E-state index is 9.58. The van der Waals surface area contributed by atoms with Crippen molar-refractivity contribution in [3.8, 4) is 0 Å². The predicted molar refractivity (Wildman–Crippen MR) is 99.4 cm³/mol. The molecule has 1 saturated heterocycles. The van der Waals surface area contributed by atoms with E-state index in [-0.39, 0.29) is 18.8 Å². The van der Waals surface area contributed by atoms with Gasteiger partial charge in [-0.2, -0.15) is 0 Å². The van der Waals surface area contributed by atoms with E-state index < -0.39 is 0 Å². The van der Waals surface area contributed by atoms with Crippen molar-refractivity contribution < 1.29 is 9.84 Å². The lowest BCUT2D eigenvalue weighted by atomic mass is 9.73. The van der Waals surface area contributed by atoms with Crippen LogP contribution in [0.3, 0.4) is 0 Å². The molecule has 0 radical (unpaired) electrons. The minimum absolute atomic E-state index is 0.0300. The van der Waals surface area contributed by atoms with Crippen LogP contribution in [0.4, 0.5) is 5.69 Å². The van der Waals surface area contributed by atoms with E-state index in [1.807, 2.05) is 0 Å². The quantitative estimate of drug-likeness (QED) is 0.809. The van der Waals surface area contributed by atoms with Crippen LogP contribution in [0.2, 0.25) is 0 Å². The van der Waals surface area contributed by atoms with Gasteiger partial charge in [0, 0.05) is 34.0 Å². The number of fused-ring (bicyclic) bond motifs is 3. The Bertz CT molecular complexity index is 657. The first-order valence-corrected chi connectivity index (χ1v) is 10.1. The normalized spacial score (nSPS) is 34.3. The highest BCUT2D eigenvalue weighted by molar-refractivity contribution is 7.98. The molecule has 0 saturated carbocycles. The Kier molecular flexibility index (Phi) is 4.70. The SMILES string of the molecule is CSc1ccc2c(c1)[C@H]1O[C@@H](CO)CC[C@H]1[C@H](C1C=CC=CC1)N2. The number of allylic oxidation sites excluding steroid dienone is 3. The summed E-state index contributed by atoms with van der Waals surface area (Å²) in [5.41, 5.74) is 2.46. The van der Waals surface area contributed by atoms with Crippen LogP contribution in [0.25, 0.3) is 0 Å². The van der Waals surface area contributed by atoms with Crippen LogP contribution >= 0.6 is 11.8 Å². The fourth-order valence-corrected chi connectivity index (χ4v) is 4.77. The van der Waals surface area contributed by atoms with Gasteiger partial charge in [-0.15, -0.1) is 11.8 Å². The third-order valence-electron chi connectivity index (χ3n) is 5.58. The molecule has 128 valence electrons. The molecule has 2 aliphatic heterocycles. The molecule has 4 rings (SSSR count). The first-order chi connectivity index (χ1) is 11.8. The number of aliphatic hydroxyl groups is 1. The fourth-order valence-electron chi connectivity index (χ4n) is 4.32. The highest BCUT2D eigenvalue weighted by Crippen LogP contribution is 2.48. The van der Waals surface area contributed by atoms with Crippen LogP contribution in [0.5, 0.6) is 0 Å². The zero-order valence-corrected chi connectivity index (χ0v) is 14.8. The van der Waals surface area contributed by atoms with Gasteiger partial charge in [-0.3, -0.25) is 0 Å². The third-order valence-corrected chi connectivity index (χ3v) is 6.30. The maximum atomic E-state index is 9.58. The Balaban J connectivity index is 1.70. The second-order valence-electron chi connectivity index (χ2n) is 6.94. The smallest absolute Gasteiger partial charge is 0.0898 e. The van der Waals surface area contributed by atoms with E-state index in [9.17, 15) is 5.11 Å². The first kappa shape index (κ1) is 16.2. The molecule has 1 aliphatic carbocycles. The van der Waals surface area contributed by atoms with Crippen molar-refractivity contribution in [3.63, 3.8) is 0 Å². The Morgan fingerprint density at radius 2 is 2.21 bits per heavy atom. The van der Waals surface area contributed by atoms with Crippen LogP contribution in [-0.2, 0) is 4.74 Å². The largest absolute Gasteiger partial charge is 0.394 e. The minimum Gasteiger partial charge on any atom is -0.394 e. The Morgan fingerprint density at radius 1 is 1.29 bits per heavy atom. The molecule has 0 amide bonds. The summed E-state index contributed by atoms with van der Waals surface area (Å²) in [4.78, 5) is 1.27. The Hall–Kier alpha value is -1.23. The molecule has 2 heterocycles. The molecule has 0 spiro atoms. The minimum atomic E-state index is -0.0300. The van der Waals surface area contributed by atoms with Gasteiger partial charge in [-0.05, 0) is 43.7 Å². The number of hydrogen-bond acceptors (Lipinski definition) is 4. The van der Waals surface area contributed by atoms with E-state index in [0.29, 0.717) is 17.9 Å². The monoisotopic (exact) mass is 343 g/mol. The van der Waals surface area contributed by atoms with Crippen molar-refractivity contribution in [2.75, 3.05) is 18.2 Å². The highest BCUT2D eigenvalue weighted by Gasteiger charge is 2.43. The van der Waals surface area contributed by atoms with Crippen LogP contribution in [0, 0.1) is 11.8 Å². The molecule has 4 heteroatoms. The van der Waals surface area contributed by atoms with Gasteiger partial charge < -0.3 is 15.2 Å². The van der Waals surface area contributed by atoms with E-state index in [4.69, 9.17) is 4.74 Å². The summed E-state index contributed by atoms with van der Waals surface area (Å²) >= 11 is 1.76. The summed E-state index contributed by atoms with van der Waals surface area (Å²) in [5, 5.41) is 13.4. The molecule has 0 bridgehead atoms. The second kappa shape index (κ2) is 6.95. The zero-order valence-electron chi connectivity index (χ0n) is 14.0. The van der Waals surface area contributed by atoms with Gasteiger partial charge in [0.05, 0.1) is 18.8 Å². The number of ether oxygens (including phenoxy) is 1. The number of benzene rings is 1. The van der Waals surface area contributed by atoms with Gasteiger partial charge >= 0.3 is 0 Å². The van der Waals surface area contributed by atoms with Gasteiger partial charge in [0.1, 0.15) is 0 Å². The zero-order chi connectivity index (χ0) is 16.5. The third kappa shape index (κ3) is 2.92. The molecule has 1 aromatic carbocycles. The highest BCUT2D eigenvalue weighted by atomic mass is 32.2. The van der Waals surface area contributed by atoms with Gasteiger partial charge in [-0.25, -0.2) is 0 Å².